The van der Waals surface area contributed by atoms with Crippen LogP contribution >= 0.6 is 0 Å². The third-order valence-electron chi connectivity index (χ3n) is 8.06. The second-order valence-corrected chi connectivity index (χ2v) is 11.5. The zero-order valence-electron chi connectivity index (χ0n) is 25.8. The summed E-state index contributed by atoms with van der Waals surface area (Å²) >= 11 is 0. The van der Waals surface area contributed by atoms with E-state index in [4.69, 9.17) is 9.47 Å². The van der Waals surface area contributed by atoms with E-state index in [2.05, 4.69) is 22.2 Å². The Labute approximate surface area is 259 Å². The molecule has 236 valence electrons. The molecule has 1 heterocycles. The van der Waals surface area contributed by atoms with Gasteiger partial charge in [0.15, 0.2) is 0 Å². The van der Waals surface area contributed by atoms with Gasteiger partial charge < -0.3 is 19.8 Å². The quantitative estimate of drug-likeness (QED) is 0.0748. The van der Waals surface area contributed by atoms with Crippen molar-refractivity contribution in [1.29, 1.82) is 0 Å². The molecule has 44 heavy (non-hydrogen) atoms. The van der Waals surface area contributed by atoms with Crippen molar-refractivity contribution in [2.24, 2.45) is 5.92 Å². The lowest BCUT2D eigenvalue weighted by atomic mass is 9.86. The molecule has 1 atom stereocenters. The molecule has 10 heteroatoms. The maximum atomic E-state index is 13.3. The molecule has 1 aliphatic carbocycles. The van der Waals surface area contributed by atoms with Crippen LogP contribution in [0.3, 0.4) is 0 Å². The molecule has 1 fully saturated rings. The number of nitrogens with one attached hydrogen (secondary N) is 2. The minimum absolute atomic E-state index is 0.0142. The van der Waals surface area contributed by atoms with Crippen molar-refractivity contribution < 1.29 is 24.0 Å². The van der Waals surface area contributed by atoms with E-state index in [1.165, 1.54) is 18.6 Å². The molecule has 1 saturated carbocycles. The first-order chi connectivity index (χ1) is 21.4. The van der Waals surface area contributed by atoms with E-state index < -0.39 is 16.9 Å². The van der Waals surface area contributed by atoms with Crippen molar-refractivity contribution in [1.82, 2.24) is 15.3 Å². The number of esters is 1. The zero-order valence-corrected chi connectivity index (χ0v) is 25.8. The van der Waals surface area contributed by atoms with Gasteiger partial charge in [-0.05, 0) is 61.4 Å². The number of hydrogen-bond donors (Lipinski definition) is 2. The van der Waals surface area contributed by atoms with Gasteiger partial charge in [-0.15, -0.1) is 0 Å². The topological polar surface area (TPSA) is 136 Å². The molecule has 0 radical (unpaired) electrons. The molecule has 10 nitrogen and oxygen atoms in total. The van der Waals surface area contributed by atoms with Crippen molar-refractivity contribution in [3.05, 3.63) is 75.7 Å². The highest BCUT2D eigenvalue weighted by Gasteiger charge is 2.24. The molecule has 0 spiro atoms. The van der Waals surface area contributed by atoms with Crippen LogP contribution < -0.4 is 10.1 Å². The summed E-state index contributed by atoms with van der Waals surface area (Å²) in [7, 11) is 0. The van der Waals surface area contributed by atoms with Gasteiger partial charge >= 0.3 is 5.97 Å². The molecule has 2 N–H and O–H groups in total. The number of nitrogens with zero attached hydrogens (tertiary/aromatic N) is 2. The number of H-pyrrole nitrogens is 1. The van der Waals surface area contributed by atoms with Gasteiger partial charge in [0.2, 0.25) is 5.91 Å². The molecule has 4 rings (SSSR count). The summed E-state index contributed by atoms with van der Waals surface area (Å²) in [4.78, 5) is 45.0. The Morgan fingerprint density at radius 1 is 1.05 bits per heavy atom. The molecule has 1 aromatic heterocycles. The first kappa shape index (κ1) is 32.7. The maximum absolute atomic E-state index is 13.3. The van der Waals surface area contributed by atoms with Gasteiger partial charge in [-0.2, -0.15) is 0 Å². The van der Waals surface area contributed by atoms with Crippen molar-refractivity contribution in [2.45, 2.75) is 90.5 Å². The number of ether oxygens (including phenoxy) is 2. The van der Waals surface area contributed by atoms with Crippen LogP contribution in [0.25, 0.3) is 11.3 Å². The fraction of sp³-hybridized carbons (Fsp3) is 0.500. The van der Waals surface area contributed by atoms with Gasteiger partial charge in [0.25, 0.3) is 5.69 Å². The molecule has 2 aromatic carbocycles. The third-order valence-corrected chi connectivity index (χ3v) is 8.06. The molecule has 1 amide bonds. The van der Waals surface area contributed by atoms with Crippen LogP contribution in [0.4, 0.5) is 5.69 Å². The fourth-order valence-corrected chi connectivity index (χ4v) is 5.49. The Bertz CT molecular complexity index is 1380. The summed E-state index contributed by atoms with van der Waals surface area (Å²) < 4.78 is 11.5. The Morgan fingerprint density at radius 2 is 1.77 bits per heavy atom. The van der Waals surface area contributed by atoms with Crippen molar-refractivity contribution in [3.63, 3.8) is 0 Å². The number of amides is 1. The summed E-state index contributed by atoms with van der Waals surface area (Å²) in [6, 6.07) is 11.2. The summed E-state index contributed by atoms with van der Waals surface area (Å²) in [5.41, 5.74) is 2.58. The number of aromatic amines is 1. The molecule has 3 aromatic rings. The van der Waals surface area contributed by atoms with Crippen LogP contribution in [0.5, 0.6) is 5.75 Å². The molecular formula is C34H44N4O6. The van der Waals surface area contributed by atoms with Gasteiger partial charge in [0.05, 0.1) is 36.1 Å². The number of nitro groups is 1. The highest BCUT2D eigenvalue weighted by molar-refractivity contribution is 5.93. The van der Waals surface area contributed by atoms with Crippen LogP contribution in [0, 0.1) is 16.0 Å². The number of carbonyl (C=O) groups excluding carboxylic acids is 2. The van der Waals surface area contributed by atoms with E-state index in [9.17, 15) is 19.7 Å². The Hall–Kier alpha value is -4.21. The molecule has 1 unspecified atom stereocenters. The minimum Gasteiger partial charge on any atom is -0.493 e. The molecule has 0 saturated heterocycles. The minimum atomic E-state index is -0.464. The second kappa shape index (κ2) is 16.6. The van der Waals surface area contributed by atoms with Crippen molar-refractivity contribution in [3.8, 4) is 17.0 Å². The largest absolute Gasteiger partial charge is 0.493 e. The number of benzene rings is 2. The Morgan fingerprint density at radius 3 is 2.48 bits per heavy atom. The number of imidazole rings is 1. The van der Waals surface area contributed by atoms with Gasteiger partial charge in [-0.3, -0.25) is 14.9 Å². The number of hydrogen-bond acceptors (Lipinski definition) is 7. The number of unbranched alkanes of at least 4 members (excludes halogenated alkanes) is 2. The van der Waals surface area contributed by atoms with E-state index in [1.807, 2.05) is 13.0 Å². The molecule has 0 aliphatic heterocycles. The molecule has 0 bridgehead atoms. The lowest BCUT2D eigenvalue weighted by molar-refractivity contribution is -0.384. The first-order valence-electron chi connectivity index (χ1n) is 15.9. The number of nitro benzene ring substituents is 1. The van der Waals surface area contributed by atoms with E-state index in [0.717, 1.165) is 62.5 Å². The van der Waals surface area contributed by atoms with Crippen molar-refractivity contribution in [2.75, 3.05) is 13.2 Å². The monoisotopic (exact) mass is 604 g/mol. The van der Waals surface area contributed by atoms with Crippen LogP contribution in [-0.2, 0) is 16.0 Å². The summed E-state index contributed by atoms with van der Waals surface area (Å²) in [6.45, 7) is 4.93. The Balaban J connectivity index is 1.60. The van der Waals surface area contributed by atoms with E-state index in [1.54, 1.807) is 30.5 Å². The fourth-order valence-electron chi connectivity index (χ4n) is 5.49. The van der Waals surface area contributed by atoms with Gasteiger partial charge in [-0.1, -0.05) is 52.0 Å². The SMILES string of the molecule is CCCCOC(=O)c1cc(C(Cc2ncc(-c3ccc([N+](=O)[O-])cc3)[nH]2)NC(=O)CC2CCCCC2)ccc1OCCCC. The predicted molar refractivity (Wildman–Crippen MR) is 168 cm³/mol. The second-order valence-electron chi connectivity index (χ2n) is 11.5. The third kappa shape index (κ3) is 9.39. The van der Waals surface area contributed by atoms with Crippen molar-refractivity contribution >= 4 is 17.6 Å². The smallest absolute Gasteiger partial charge is 0.341 e. The van der Waals surface area contributed by atoms with Gasteiger partial charge in [0.1, 0.15) is 17.1 Å². The standard InChI is InChI=1S/C34H44N4O6/c1-3-5-18-43-31-17-14-26(21-28(31)34(40)44-19-6-4-2)29(37-33(39)20-24-10-8-7-9-11-24)22-32-35-23-30(36-32)25-12-15-27(16-13-25)38(41)42/h12-17,21,23-24,29H,3-11,18-20,22H2,1-2H3,(H,35,36)(H,37,39). The highest BCUT2D eigenvalue weighted by atomic mass is 16.6. The average Bonchev–Trinajstić information content (AvgIpc) is 3.50. The predicted octanol–water partition coefficient (Wildman–Crippen LogP) is 7.49. The van der Waals surface area contributed by atoms with E-state index >= 15 is 0 Å². The number of aromatic nitrogens is 2. The van der Waals surface area contributed by atoms with E-state index in [-0.39, 0.29) is 11.6 Å². The zero-order chi connectivity index (χ0) is 31.3. The molecular weight excluding hydrogens is 560 g/mol. The average molecular weight is 605 g/mol. The molecule has 1 aliphatic rings. The lowest BCUT2D eigenvalue weighted by Crippen LogP contribution is -2.32. The summed E-state index contributed by atoms with van der Waals surface area (Å²) in [5, 5.41) is 14.3. The Kier molecular flexibility index (Phi) is 12.3. The first-order valence-corrected chi connectivity index (χ1v) is 15.9. The van der Waals surface area contributed by atoms with Crippen LogP contribution in [0.1, 0.15) is 106 Å². The lowest BCUT2D eigenvalue weighted by Gasteiger charge is -2.24. The number of rotatable bonds is 16. The van der Waals surface area contributed by atoms with Gasteiger partial charge in [0, 0.05) is 30.5 Å². The van der Waals surface area contributed by atoms with Gasteiger partial charge in [-0.25, -0.2) is 9.78 Å². The summed E-state index contributed by atoms with van der Waals surface area (Å²) in [6.07, 6.45) is 11.7. The number of non-ortho nitro benzene ring substituents is 1. The normalized spacial score (nSPS) is 14.1. The highest BCUT2D eigenvalue weighted by Crippen LogP contribution is 2.30. The summed E-state index contributed by atoms with van der Waals surface area (Å²) in [5.74, 6) is 1.00. The maximum Gasteiger partial charge on any atom is 0.341 e. The number of carbonyl (C=O) groups is 2. The van der Waals surface area contributed by atoms with E-state index in [0.29, 0.717) is 54.8 Å². The van der Waals surface area contributed by atoms with Crippen LogP contribution in [0.15, 0.2) is 48.7 Å². The van der Waals surface area contributed by atoms with Crippen LogP contribution in [0.2, 0.25) is 0 Å². The van der Waals surface area contributed by atoms with Crippen LogP contribution in [-0.4, -0.2) is 40.0 Å².